The molecule has 0 fully saturated rings. The maximum absolute atomic E-state index is 2.41. The molecule has 0 bridgehead atoms. The monoisotopic (exact) mass is 731 g/mol. The van der Waals surface area contributed by atoms with Crippen LogP contribution >= 0.6 is 0 Å². The summed E-state index contributed by atoms with van der Waals surface area (Å²) >= 11 is 0. The summed E-state index contributed by atoms with van der Waals surface area (Å²) in [6.45, 7) is 15.9. The van der Waals surface area contributed by atoms with E-state index in [1.54, 1.807) is 0 Å². The van der Waals surface area contributed by atoms with Crippen molar-refractivity contribution in [2.24, 2.45) is 0 Å². The average molecular weight is 734 g/mol. The van der Waals surface area contributed by atoms with Crippen LogP contribution in [-0.4, -0.2) is 0 Å². The van der Waals surface area contributed by atoms with E-state index in [0.29, 0.717) is 5.92 Å². The van der Waals surface area contributed by atoms with Gasteiger partial charge in [-0.3, -0.25) is 0 Å². The molecule has 8 rings (SSSR count). The molecule has 0 unspecified atom stereocenters. The molecule has 0 spiro atoms. The average Bonchev–Trinajstić information content (AvgIpc) is 3.51. The van der Waals surface area contributed by atoms with Crippen LogP contribution in [0.2, 0.25) is 0 Å². The Kier molecular flexibility index (Phi) is 11.0. The van der Waals surface area contributed by atoms with Gasteiger partial charge in [0.15, 0.2) is 0 Å². The molecule has 7 aromatic carbocycles. The Morgan fingerprint density at radius 1 is 0.511 bits per heavy atom. The molecule has 0 saturated carbocycles. The van der Waals surface area contributed by atoms with Gasteiger partial charge in [-0.05, 0) is 85.3 Å². The summed E-state index contributed by atoms with van der Waals surface area (Å²) < 4.78 is 0. The van der Waals surface area contributed by atoms with Crippen LogP contribution in [0.5, 0.6) is 0 Å². The van der Waals surface area contributed by atoms with E-state index in [4.69, 9.17) is 0 Å². The molecule has 0 N–H and O–H groups in total. The minimum Gasteiger partial charge on any atom is -1.00 e. The summed E-state index contributed by atoms with van der Waals surface area (Å²) in [5.74, 6) is 0.522. The third kappa shape index (κ3) is 6.88. The molecule has 0 saturated heterocycles. The van der Waals surface area contributed by atoms with Crippen molar-refractivity contribution < 1.29 is 51.0 Å². The molecule has 3 heteroatoms. The molecule has 1 aliphatic carbocycles. The van der Waals surface area contributed by atoms with Crippen molar-refractivity contribution in [3.63, 3.8) is 0 Å². The van der Waals surface area contributed by atoms with Crippen LogP contribution in [0, 0.1) is 0 Å². The summed E-state index contributed by atoms with van der Waals surface area (Å²) in [7, 11) is 0. The smallest absolute Gasteiger partial charge is 1.00 e. The van der Waals surface area contributed by atoms with Gasteiger partial charge < -0.3 is 24.8 Å². The van der Waals surface area contributed by atoms with Crippen molar-refractivity contribution >= 4 is 43.1 Å². The van der Waals surface area contributed by atoms with Gasteiger partial charge in [0.25, 0.3) is 0 Å². The fourth-order valence-corrected chi connectivity index (χ4v) is 7.12. The van der Waals surface area contributed by atoms with Gasteiger partial charge in [-0.15, -0.1) is 39.7 Å². The molecule has 1 aliphatic rings. The molecule has 47 heavy (non-hydrogen) atoms. The predicted molar refractivity (Wildman–Crippen MR) is 193 cm³/mol. The van der Waals surface area contributed by atoms with Crippen LogP contribution in [0.3, 0.4) is 0 Å². The van der Waals surface area contributed by atoms with Crippen LogP contribution in [0.4, 0.5) is 0 Å². The van der Waals surface area contributed by atoms with Crippen molar-refractivity contribution in [1.82, 2.24) is 0 Å². The van der Waals surface area contributed by atoms with E-state index in [1.807, 2.05) is 0 Å². The van der Waals surface area contributed by atoms with Gasteiger partial charge in [0.2, 0.25) is 0 Å². The molecule has 7 aromatic rings. The zero-order chi connectivity index (χ0) is 30.8. The molecule has 237 valence electrons. The first-order chi connectivity index (χ1) is 21.0. The Bertz CT molecular complexity index is 2040. The van der Waals surface area contributed by atoms with Gasteiger partial charge >= 0.3 is 26.2 Å². The van der Waals surface area contributed by atoms with E-state index < -0.39 is 0 Å². The summed E-state index contributed by atoms with van der Waals surface area (Å²) in [5, 5.41) is 10.8. The Morgan fingerprint density at radius 3 is 1.21 bits per heavy atom. The molecule has 0 atom stereocenters. The number of rotatable bonds is 1. The number of halogens is 2. The second-order valence-corrected chi connectivity index (χ2v) is 14.8. The fraction of sp³-hybridized carbons (Fsp3) is 0.250. The molecule has 1 radical (unpaired) electrons. The summed E-state index contributed by atoms with van der Waals surface area (Å²) in [4.78, 5) is 0. The minimum atomic E-state index is 0. The van der Waals surface area contributed by atoms with Gasteiger partial charge in [-0.25, -0.2) is 0 Å². The zero-order valence-electron chi connectivity index (χ0n) is 28.5. The predicted octanol–water partition coefficient (Wildman–Crippen LogP) is 6.83. The fourth-order valence-electron chi connectivity index (χ4n) is 7.12. The van der Waals surface area contributed by atoms with Gasteiger partial charge in [-0.1, -0.05) is 132 Å². The van der Waals surface area contributed by atoms with Crippen molar-refractivity contribution in [1.29, 1.82) is 0 Å². The molecule has 0 amide bonds. The zero-order valence-corrected chi connectivity index (χ0v) is 32.5. The standard InChI is InChI=1S/C23H18.C21H25.2ClH.Zr/c1-2-19-20-11-15-7-3-5-9-17(15)13-22(20)23-14-18-10-6-4-8-16(18)12-21(19)23;1-20(2,3)16-7-9-18-14(12-16)11-15-13-17(21(4,5)6)8-10-19(15)18;;;/h3-14,19H,2H2,1H3;7-13H,1-6H3;2*1H;/q;-1;;;+3/p-2. The van der Waals surface area contributed by atoms with Crippen LogP contribution in [0.1, 0.15) is 83.1 Å². The second kappa shape index (κ2) is 14.0. The first-order valence-corrected chi connectivity index (χ1v) is 16.2. The van der Waals surface area contributed by atoms with Crippen LogP contribution in [-0.2, 0) is 37.0 Å². The molecule has 0 nitrogen and oxygen atoms in total. The van der Waals surface area contributed by atoms with Gasteiger partial charge in [0.05, 0.1) is 0 Å². The second-order valence-electron chi connectivity index (χ2n) is 14.8. The summed E-state index contributed by atoms with van der Waals surface area (Å²) in [6.07, 6.45) is 1.15. The normalized spacial score (nSPS) is 12.5. The van der Waals surface area contributed by atoms with Gasteiger partial charge in [0, 0.05) is 5.92 Å². The SMILES string of the molecule is CC(C)(C)c1ccc2c(c1)[cH-]c1cc(C(C)(C)C)ccc12.CCC1c2cc3ccccc3cc2-c2cc3ccccc3cc21.[Cl-].[Cl-].[Zr+3]. The molecule has 0 aliphatic heterocycles. The van der Waals surface area contributed by atoms with E-state index in [-0.39, 0.29) is 61.8 Å². The van der Waals surface area contributed by atoms with E-state index in [0.717, 1.165) is 6.42 Å². The Hall–Kier alpha value is -2.83. The third-order valence-electron chi connectivity index (χ3n) is 9.72. The number of fused-ring (bicyclic) bond motifs is 8. The van der Waals surface area contributed by atoms with E-state index >= 15 is 0 Å². The molecular weight excluding hydrogens is 691 g/mol. The maximum Gasteiger partial charge on any atom is 3.00 e. The van der Waals surface area contributed by atoms with E-state index in [9.17, 15) is 0 Å². The van der Waals surface area contributed by atoms with E-state index in [1.165, 1.54) is 76.5 Å². The van der Waals surface area contributed by atoms with Crippen molar-refractivity contribution in [3.8, 4) is 11.1 Å². The molecule has 0 heterocycles. The van der Waals surface area contributed by atoms with Crippen LogP contribution in [0.25, 0.3) is 54.2 Å². The quantitative estimate of drug-likeness (QED) is 0.163. The maximum atomic E-state index is 2.41. The summed E-state index contributed by atoms with van der Waals surface area (Å²) in [6, 6.07) is 43.2. The van der Waals surface area contributed by atoms with Crippen molar-refractivity contribution in [2.45, 2.75) is 71.6 Å². The van der Waals surface area contributed by atoms with Crippen molar-refractivity contribution in [3.05, 3.63) is 138 Å². The topological polar surface area (TPSA) is 0 Å². The number of benzene rings is 6. The Labute approximate surface area is 312 Å². The largest absolute Gasteiger partial charge is 3.00 e. The Morgan fingerprint density at radius 2 is 0.872 bits per heavy atom. The summed E-state index contributed by atoms with van der Waals surface area (Å²) in [5.41, 5.74) is 9.06. The van der Waals surface area contributed by atoms with Gasteiger partial charge in [0.1, 0.15) is 0 Å². The van der Waals surface area contributed by atoms with Crippen LogP contribution < -0.4 is 24.8 Å². The first-order valence-electron chi connectivity index (χ1n) is 16.2. The van der Waals surface area contributed by atoms with Crippen molar-refractivity contribution in [2.75, 3.05) is 0 Å². The van der Waals surface area contributed by atoms with E-state index in [2.05, 4.69) is 164 Å². The van der Waals surface area contributed by atoms with Gasteiger partial charge in [-0.2, -0.15) is 0 Å². The third-order valence-corrected chi connectivity index (χ3v) is 9.72. The Balaban J connectivity index is 0.000000201. The minimum absolute atomic E-state index is 0. The molecule has 0 aromatic heterocycles. The molecular formula is C44H43Cl2Zr. The number of hydrogen-bond donors (Lipinski definition) is 0. The first kappa shape index (κ1) is 37.0. The van der Waals surface area contributed by atoms with Crippen LogP contribution in [0.15, 0.2) is 115 Å². The number of hydrogen-bond acceptors (Lipinski definition) is 0.